The van der Waals surface area contributed by atoms with Crippen LogP contribution in [0.5, 0.6) is 0 Å². The molecule has 28 heavy (non-hydrogen) atoms. The van der Waals surface area contributed by atoms with E-state index in [9.17, 15) is 24.2 Å². The highest BCUT2D eigenvalue weighted by molar-refractivity contribution is 6.53. The SMILES string of the molecule is O=C(NCC1CN(c2ccc(C3CCC(O)C(O)C3)c(F)c2)C(=O)O1)C(Cl)Cl. The van der Waals surface area contributed by atoms with Gasteiger partial charge >= 0.3 is 6.09 Å². The molecular formula is C18H21Cl2FN2O5. The summed E-state index contributed by atoms with van der Waals surface area (Å²) in [6.45, 7) is 0.182. The van der Waals surface area contributed by atoms with Crippen molar-refractivity contribution in [2.75, 3.05) is 18.0 Å². The number of alkyl halides is 2. The Morgan fingerprint density at radius 1 is 1.32 bits per heavy atom. The largest absolute Gasteiger partial charge is 0.442 e. The van der Waals surface area contributed by atoms with Gasteiger partial charge in [0.1, 0.15) is 11.9 Å². The molecule has 4 atom stereocenters. The molecule has 154 valence electrons. The van der Waals surface area contributed by atoms with Crippen molar-refractivity contribution < 1.29 is 28.9 Å². The smallest absolute Gasteiger partial charge is 0.414 e. The zero-order valence-electron chi connectivity index (χ0n) is 14.9. The summed E-state index contributed by atoms with van der Waals surface area (Å²) in [7, 11) is 0. The average Bonchev–Trinajstić information content (AvgIpc) is 3.02. The van der Waals surface area contributed by atoms with Crippen molar-refractivity contribution in [1.29, 1.82) is 0 Å². The van der Waals surface area contributed by atoms with Crippen LogP contribution in [0.15, 0.2) is 18.2 Å². The number of halogens is 3. The molecule has 1 saturated carbocycles. The van der Waals surface area contributed by atoms with Crippen molar-refractivity contribution in [3.63, 3.8) is 0 Å². The van der Waals surface area contributed by atoms with Crippen molar-refractivity contribution in [3.05, 3.63) is 29.6 Å². The number of nitrogens with one attached hydrogen (secondary N) is 1. The van der Waals surface area contributed by atoms with Crippen LogP contribution in [0.3, 0.4) is 0 Å². The predicted molar refractivity (Wildman–Crippen MR) is 101 cm³/mol. The number of aliphatic hydroxyl groups is 2. The summed E-state index contributed by atoms with van der Waals surface area (Å²) in [5.74, 6) is -1.27. The normalized spacial score (nSPS) is 27.8. The number of anilines is 1. The van der Waals surface area contributed by atoms with E-state index in [0.717, 1.165) is 0 Å². The van der Waals surface area contributed by atoms with Crippen molar-refractivity contribution in [3.8, 4) is 0 Å². The highest BCUT2D eigenvalue weighted by atomic mass is 35.5. The lowest BCUT2D eigenvalue weighted by molar-refractivity contribution is -0.119. The minimum absolute atomic E-state index is 0.0415. The Kier molecular flexibility index (Phi) is 6.65. The zero-order valence-corrected chi connectivity index (χ0v) is 16.4. The molecular weight excluding hydrogens is 414 g/mol. The lowest BCUT2D eigenvalue weighted by Crippen LogP contribution is -2.37. The van der Waals surface area contributed by atoms with E-state index < -0.39 is 41.0 Å². The molecule has 1 aromatic carbocycles. The first-order valence-electron chi connectivity index (χ1n) is 8.96. The van der Waals surface area contributed by atoms with Crippen LogP contribution in [0.4, 0.5) is 14.9 Å². The van der Waals surface area contributed by atoms with Gasteiger partial charge in [0.25, 0.3) is 5.91 Å². The molecule has 1 aromatic rings. The van der Waals surface area contributed by atoms with E-state index in [2.05, 4.69) is 5.32 Å². The number of rotatable bonds is 5. The first kappa shape index (κ1) is 21.1. The number of hydrogen-bond donors (Lipinski definition) is 3. The Labute approximate surface area is 171 Å². The Bertz CT molecular complexity index is 751. The Hall–Kier alpha value is -1.61. The van der Waals surface area contributed by atoms with Gasteiger partial charge in [-0.05, 0) is 42.9 Å². The molecule has 3 N–H and O–H groups in total. The van der Waals surface area contributed by atoms with E-state index in [4.69, 9.17) is 27.9 Å². The summed E-state index contributed by atoms with van der Waals surface area (Å²) in [5, 5.41) is 21.9. The number of hydrogen-bond acceptors (Lipinski definition) is 5. The maximum Gasteiger partial charge on any atom is 0.414 e. The van der Waals surface area contributed by atoms with Crippen LogP contribution in [0.2, 0.25) is 0 Å². The van der Waals surface area contributed by atoms with Crippen LogP contribution >= 0.6 is 23.2 Å². The second kappa shape index (κ2) is 8.82. The molecule has 4 unspecified atom stereocenters. The van der Waals surface area contributed by atoms with Crippen molar-refractivity contribution in [2.45, 2.75) is 48.3 Å². The summed E-state index contributed by atoms with van der Waals surface area (Å²) >= 11 is 10.9. The maximum atomic E-state index is 14.7. The third-order valence-corrected chi connectivity index (χ3v) is 5.49. The first-order valence-corrected chi connectivity index (χ1v) is 9.83. The molecule has 0 bridgehead atoms. The maximum absolute atomic E-state index is 14.7. The number of cyclic esters (lactones) is 1. The zero-order chi connectivity index (χ0) is 20.4. The minimum atomic E-state index is -1.21. The fraction of sp³-hybridized carbons (Fsp3) is 0.556. The molecule has 2 aliphatic rings. The monoisotopic (exact) mass is 434 g/mol. The van der Waals surface area contributed by atoms with E-state index in [1.54, 1.807) is 12.1 Å². The topological polar surface area (TPSA) is 99.1 Å². The fourth-order valence-corrected chi connectivity index (χ4v) is 3.71. The van der Waals surface area contributed by atoms with Gasteiger partial charge in [-0.25, -0.2) is 9.18 Å². The molecule has 7 nitrogen and oxygen atoms in total. The number of nitrogens with zero attached hydrogens (tertiary/aromatic N) is 1. The average molecular weight is 435 g/mol. The van der Waals surface area contributed by atoms with Gasteiger partial charge < -0.3 is 20.3 Å². The van der Waals surface area contributed by atoms with Gasteiger partial charge in [0, 0.05) is 0 Å². The number of carbonyl (C=O) groups excluding carboxylic acids is 2. The van der Waals surface area contributed by atoms with Gasteiger partial charge in [-0.3, -0.25) is 9.69 Å². The number of benzene rings is 1. The number of amides is 2. The molecule has 0 spiro atoms. The third kappa shape index (κ3) is 4.68. The molecule has 2 fully saturated rings. The molecule has 1 saturated heterocycles. The fourth-order valence-electron chi connectivity index (χ4n) is 3.56. The summed E-state index contributed by atoms with van der Waals surface area (Å²) in [6.07, 6.45) is -1.63. The Morgan fingerprint density at radius 3 is 2.71 bits per heavy atom. The minimum Gasteiger partial charge on any atom is -0.442 e. The lowest BCUT2D eigenvalue weighted by Gasteiger charge is -2.30. The second-order valence-electron chi connectivity index (χ2n) is 7.01. The summed E-state index contributed by atoms with van der Waals surface area (Å²) in [5.41, 5.74) is 0.783. The lowest BCUT2D eigenvalue weighted by atomic mass is 9.81. The Balaban J connectivity index is 1.65. The van der Waals surface area contributed by atoms with Gasteiger partial charge in [-0.1, -0.05) is 29.3 Å². The summed E-state index contributed by atoms with van der Waals surface area (Å²) < 4.78 is 19.8. The van der Waals surface area contributed by atoms with Crippen LogP contribution in [0.25, 0.3) is 0 Å². The molecule has 3 rings (SSSR count). The van der Waals surface area contributed by atoms with Gasteiger partial charge in [-0.2, -0.15) is 0 Å². The molecule has 0 aromatic heterocycles. The summed E-state index contributed by atoms with van der Waals surface area (Å²) in [4.78, 5) is 23.6. The van der Waals surface area contributed by atoms with Crippen LogP contribution in [-0.2, 0) is 9.53 Å². The van der Waals surface area contributed by atoms with E-state index in [1.165, 1.54) is 11.0 Å². The third-order valence-electron chi connectivity index (χ3n) is 5.09. The van der Waals surface area contributed by atoms with E-state index >= 15 is 0 Å². The van der Waals surface area contributed by atoms with E-state index in [1.807, 2.05) is 0 Å². The van der Waals surface area contributed by atoms with Crippen LogP contribution in [-0.4, -0.2) is 58.5 Å². The molecule has 1 aliphatic heterocycles. The van der Waals surface area contributed by atoms with Crippen molar-refractivity contribution >= 4 is 40.9 Å². The molecule has 1 aliphatic carbocycles. The van der Waals surface area contributed by atoms with Crippen LogP contribution < -0.4 is 10.2 Å². The van der Waals surface area contributed by atoms with Gasteiger partial charge in [0.2, 0.25) is 0 Å². The van der Waals surface area contributed by atoms with Gasteiger partial charge in [0.05, 0.1) is 31.0 Å². The van der Waals surface area contributed by atoms with E-state index in [0.29, 0.717) is 24.1 Å². The highest BCUT2D eigenvalue weighted by Gasteiger charge is 2.34. The van der Waals surface area contributed by atoms with Crippen LogP contribution in [0.1, 0.15) is 30.7 Å². The number of ether oxygens (including phenoxy) is 1. The Morgan fingerprint density at radius 2 is 2.07 bits per heavy atom. The molecule has 10 heteroatoms. The quantitative estimate of drug-likeness (QED) is 0.615. The van der Waals surface area contributed by atoms with Gasteiger partial charge in [-0.15, -0.1) is 0 Å². The first-order chi connectivity index (χ1) is 13.3. The number of carbonyl (C=O) groups is 2. The molecule has 2 amide bonds. The van der Waals surface area contributed by atoms with Crippen LogP contribution in [0, 0.1) is 5.82 Å². The standard InChI is InChI=1S/C18H21Cl2FN2O5/c19-16(20)17(26)22-7-11-8-23(18(27)28-11)10-2-3-12(13(21)6-10)9-1-4-14(24)15(25)5-9/h2-3,6,9,11,14-16,24-25H,1,4-5,7-8H2,(H,22,26). The van der Waals surface area contributed by atoms with Crippen molar-refractivity contribution in [1.82, 2.24) is 5.32 Å². The molecule has 1 heterocycles. The number of aliphatic hydroxyl groups excluding tert-OH is 2. The van der Waals surface area contributed by atoms with E-state index in [-0.39, 0.29) is 25.4 Å². The predicted octanol–water partition coefficient (Wildman–Crippen LogP) is 2.06. The summed E-state index contributed by atoms with van der Waals surface area (Å²) in [6, 6.07) is 4.46. The van der Waals surface area contributed by atoms with Gasteiger partial charge in [0.15, 0.2) is 4.84 Å². The molecule has 0 radical (unpaired) electrons. The second-order valence-corrected chi connectivity index (χ2v) is 8.11. The highest BCUT2D eigenvalue weighted by Crippen LogP contribution is 2.36. The van der Waals surface area contributed by atoms with Crippen molar-refractivity contribution in [2.24, 2.45) is 0 Å².